The number of unbranched alkanes of at least 4 members (excludes halogenated alkanes) is 4. The summed E-state index contributed by atoms with van der Waals surface area (Å²) in [5.41, 5.74) is 2.67. The van der Waals surface area contributed by atoms with Crippen LogP contribution in [0, 0.1) is 11.3 Å². The molecule has 0 radical (unpaired) electrons. The van der Waals surface area contributed by atoms with Gasteiger partial charge in [-0.3, -0.25) is 9.35 Å². The van der Waals surface area contributed by atoms with Gasteiger partial charge in [-0.05, 0) is 68.9 Å². The number of fused-ring (bicyclic) bond motifs is 4. The molecule has 134 heavy (non-hydrogen) atoms. The van der Waals surface area contributed by atoms with E-state index >= 15 is 0 Å². The topological polar surface area (TPSA) is 455 Å². The Morgan fingerprint density at radius 2 is 0.828 bits per heavy atom. The van der Waals surface area contributed by atoms with Crippen molar-refractivity contribution >= 4 is 56.4 Å². The van der Waals surface area contributed by atoms with Gasteiger partial charge in [0, 0.05) is 111 Å². The van der Waals surface area contributed by atoms with Crippen LogP contribution in [0.4, 0.5) is 5.69 Å². The number of hydrogen-bond acceptors (Lipinski definition) is 38. The standard InChI is InChI=1S/C91H147N5O36S2/c1-90(2)70-75(73-133-132-131-101)77-66-79-81(72-92)80-67-78-76(74-134(102,103)104)71-91(3,4)95(83(78)69-85(80)129-84(79)68-82(77)94(90)18-11-7-9-13-89(100)130-96-87(98)14-15-88(96)99)17-10-6-8-12-86(97)93-16-19-106-22-23-108-26-27-110-30-31-112-34-35-114-38-39-116-42-43-118-46-47-120-50-51-122-54-55-124-58-59-126-62-63-128-65-64-127-61-60-125-57-56-123-53-52-121-49-48-119-45-44-117-41-40-115-37-36-113-33-32-111-29-28-109-25-24-107-21-20-105-5/h14-15,66-71,92H,6-13,16-65,73-74H2,1-5H3,(H3,93,97,101,102,103,104)/p+1. The Hall–Kier alpha value is -6.32. The van der Waals surface area contributed by atoms with Gasteiger partial charge in [-0.2, -0.15) is 13.7 Å². The first-order valence-corrected chi connectivity index (χ1v) is 48.6. The molecular weight excluding hydrogens is 1800 g/mol. The van der Waals surface area contributed by atoms with Crippen LogP contribution < -0.4 is 34.9 Å². The van der Waals surface area contributed by atoms with Crippen LogP contribution in [-0.4, -0.2) is 405 Å². The number of anilines is 1. The van der Waals surface area contributed by atoms with Gasteiger partial charge in [0.25, 0.3) is 10.1 Å². The first kappa shape index (κ1) is 116. The number of carbonyl (C=O) groups is 2. The van der Waals surface area contributed by atoms with Crippen molar-refractivity contribution in [3.05, 3.63) is 75.8 Å². The summed E-state index contributed by atoms with van der Waals surface area (Å²) < 4.78 is 182. The summed E-state index contributed by atoms with van der Waals surface area (Å²) in [6.07, 6.45) is 7.95. The summed E-state index contributed by atoms with van der Waals surface area (Å²) in [5.74, 6) is -1.19. The summed E-state index contributed by atoms with van der Waals surface area (Å²) in [6, 6.07) is 12.1. The second-order valence-electron chi connectivity index (χ2n) is 31.3. The Morgan fingerprint density at radius 1 is 0.455 bits per heavy atom. The largest absolute Gasteiger partial charge is 0.492 e. The zero-order valence-corrected chi connectivity index (χ0v) is 80.6. The molecule has 1 aromatic heterocycles. The van der Waals surface area contributed by atoms with Crippen LogP contribution in [0.1, 0.15) is 95.8 Å². The number of aromatic hydroxyl groups is 2. The van der Waals surface area contributed by atoms with Crippen molar-refractivity contribution in [2.45, 2.75) is 90.1 Å². The number of ether oxygens (including phenoxy) is 25. The number of methoxy groups -OCH3 is 1. The quantitative estimate of drug-likeness (QED) is 0.0120. The number of rotatable bonds is 91. The minimum Gasteiger partial charge on any atom is -0.492 e. The summed E-state index contributed by atoms with van der Waals surface area (Å²) in [7, 11) is -2.87. The van der Waals surface area contributed by atoms with E-state index in [-0.39, 0.29) is 23.7 Å². The zero-order valence-electron chi connectivity index (χ0n) is 79.0. The van der Waals surface area contributed by atoms with E-state index in [0.717, 1.165) is 28.9 Å². The van der Waals surface area contributed by atoms with Gasteiger partial charge in [0.05, 0.1) is 333 Å². The molecule has 43 heteroatoms. The molecule has 41 nitrogen and oxygen atoms in total. The summed E-state index contributed by atoms with van der Waals surface area (Å²) >= 11 is 0.870. The molecule has 0 atom stereocenters. The Labute approximate surface area is 792 Å². The molecule has 0 bridgehead atoms. The molecule has 1 amide bonds. The van der Waals surface area contributed by atoms with Gasteiger partial charge in [-0.25, -0.2) is 14.6 Å². The molecule has 2 aromatic carbocycles. The van der Waals surface area contributed by atoms with Crippen molar-refractivity contribution in [3.63, 3.8) is 0 Å². The lowest BCUT2D eigenvalue weighted by atomic mass is 9.85. The van der Waals surface area contributed by atoms with E-state index in [1.807, 2.05) is 52.0 Å². The Morgan fingerprint density at radius 3 is 1.20 bits per heavy atom. The van der Waals surface area contributed by atoms with Gasteiger partial charge in [0.2, 0.25) is 23.0 Å². The molecular formula is C91H148N5O36S2+. The number of benzene rings is 2. The Balaban J connectivity index is 0.652. The maximum atomic E-state index is 12.9. The average Bonchev–Trinajstić information content (AvgIpc) is 0.742. The van der Waals surface area contributed by atoms with Crippen molar-refractivity contribution in [2.24, 2.45) is 0 Å². The highest BCUT2D eigenvalue weighted by Gasteiger charge is 2.39. The summed E-state index contributed by atoms with van der Waals surface area (Å²) in [4.78, 5) is 32.8. The fraction of sp³-hybridized carbons (Fsp3) is 0.736. The highest BCUT2D eigenvalue weighted by molar-refractivity contribution is 7.95. The lowest BCUT2D eigenvalue weighted by molar-refractivity contribution is -0.432. The van der Waals surface area contributed by atoms with Gasteiger partial charge >= 0.3 is 5.97 Å². The molecule has 0 saturated heterocycles. The minimum atomic E-state index is -4.51. The molecule has 3 aliphatic rings. The van der Waals surface area contributed by atoms with Crippen LogP contribution in [0.25, 0.3) is 16.7 Å². The summed E-state index contributed by atoms with van der Waals surface area (Å²) in [5, 5.41) is 47.7. The molecule has 764 valence electrons. The van der Waals surface area contributed by atoms with Crippen LogP contribution in [0.2, 0.25) is 0 Å². The molecule has 0 spiro atoms. The van der Waals surface area contributed by atoms with Crippen molar-refractivity contribution in [2.75, 3.05) is 354 Å². The van der Waals surface area contributed by atoms with E-state index in [1.165, 1.54) is 12.1 Å². The lowest BCUT2D eigenvalue weighted by Crippen LogP contribution is -2.50. The zero-order chi connectivity index (χ0) is 95.9. The van der Waals surface area contributed by atoms with E-state index in [1.54, 1.807) is 13.2 Å². The number of carbonyl (C=O) groups excluding carboxylic acids is 2. The van der Waals surface area contributed by atoms with E-state index in [4.69, 9.17) is 133 Å². The van der Waals surface area contributed by atoms with Gasteiger partial charge in [-0.1, -0.05) is 17.5 Å². The molecule has 0 fully saturated rings. The predicted octanol–water partition coefficient (Wildman–Crippen LogP) is 5.25. The molecule has 0 unspecified atom stereocenters. The molecule has 3 aromatic rings. The Bertz CT molecular complexity index is 3970. The third-order valence-electron chi connectivity index (χ3n) is 20.1. The molecule has 0 aliphatic carbocycles. The maximum absolute atomic E-state index is 12.9. The third-order valence-corrected chi connectivity index (χ3v) is 21.4. The van der Waals surface area contributed by atoms with Gasteiger partial charge < -0.3 is 144 Å². The number of aromatic nitrogens is 1. The van der Waals surface area contributed by atoms with Crippen LogP contribution in [0.15, 0.2) is 48.6 Å². The fourth-order valence-corrected chi connectivity index (χ4v) is 14.8. The minimum absolute atomic E-state index is 0.0358. The lowest BCUT2D eigenvalue weighted by Gasteiger charge is -2.44. The van der Waals surface area contributed by atoms with Crippen molar-refractivity contribution in [1.82, 2.24) is 14.6 Å². The van der Waals surface area contributed by atoms with Crippen molar-refractivity contribution in [1.29, 1.82) is 5.26 Å². The first-order chi connectivity index (χ1) is 65.4. The second-order valence-corrected chi connectivity index (χ2v) is 33.4. The van der Waals surface area contributed by atoms with Crippen molar-refractivity contribution < 1.29 is 171 Å². The molecule has 0 saturated carbocycles. The van der Waals surface area contributed by atoms with E-state index < -0.39 is 44.7 Å². The van der Waals surface area contributed by atoms with E-state index in [0.29, 0.717) is 419 Å². The Kier molecular flexibility index (Phi) is 64.1. The fourth-order valence-electron chi connectivity index (χ4n) is 13.7. The molecule has 6 rings (SSSR count). The smallest absolute Gasteiger partial charge is 0.333 e. The van der Waals surface area contributed by atoms with Crippen molar-refractivity contribution in [3.8, 4) is 29.3 Å². The monoisotopic (exact) mass is 1950 g/mol. The van der Waals surface area contributed by atoms with Crippen LogP contribution in [-0.2, 0) is 143 Å². The first-order valence-electron chi connectivity index (χ1n) is 46.1. The number of nitrogens with zero attached hydrogens (tertiary/aromatic N) is 4. The van der Waals surface area contributed by atoms with Gasteiger partial charge in [0.1, 0.15) is 29.9 Å². The second kappa shape index (κ2) is 73.8. The summed E-state index contributed by atoms with van der Waals surface area (Å²) in [6.45, 7) is 31.2. The normalized spacial score (nSPS) is 13.8. The number of nitrogens with one attached hydrogen (secondary N) is 1. The van der Waals surface area contributed by atoms with Crippen LogP contribution >= 0.6 is 12.0 Å². The number of amides is 1. The van der Waals surface area contributed by atoms with E-state index in [9.17, 15) is 38.0 Å². The number of hydrogen-bond donors (Lipinski definition) is 5. The highest BCUT2D eigenvalue weighted by Crippen LogP contribution is 2.47. The predicted molar refractivity (Wildman–Crippen MR) is 492 cm³/mol. The molecule has 5 N–H and O–H groups in total. The number of nitriles is 1. The van der Waals surface area contributed by atoms with Crippen LogP contribution in [0.3, 0.4) is 0 Å². The van der Waals surface area contributed by atoms with E-state index in [2.05, 4.69) is 32.0 Å². The third kappa shape index (κ3) is 51.5. The molecule has 3 aliphatic heterocycles. The van der Waals surface area contributed by atoms with Gasteiger partial charge in [0.15, 0.2) is 5.54 Å². The van der Waals surface area contributed by atoms with Crippen LogP contribution in [0.5, 0.6) is 23.3 Å². The highest BCUT2D eigenvalue weighted by atomic mass is 32.2. The van der Waals surface area contributed by atoms with Gasteiger partial charge in [-0.15, -0.1) is 9.06 Å². The average molecular weight is 1950 g/mol. The maximum Gasteiger partial charge on any atom is 0.333 e. The SMILES string of the molecule is COCCOCCOCCOCCOCCOCCOCCOCCOCCOCCOCCOCCOCCOCCOCCOCCOCCOCCOCCOCCOCCOCCOCCOCCNC(=O)CCCCC[N+]1=c2cc3c(cc2C(CS(=O)(=O)O)=CC1(C)C)=C(C#N)c1cc2c(cc1O3)N(CCCCCC(=O)On1c(O)ccc1O)C(C)(C)C=C2CSOOO. The molecule has 4 heterocycles.